The van der Waals surface area contributed by atoms with Crippen molar-refractivity contribution in [2.75, 3.05) is 32.7 Å². The fraction of sp³-hybridized carbons (Fsp3) is 0.600. The molecule has 0 amide bonds. The minimum atomic E-state index is 0.826. The van der Waals surface area contributed by atoms with Gasteiger partial charge in [0.25, 0.3) is 0 Å². The molecule has 3 heteroatoms. The number of likely N-dealkylation sites (tertiary alicyclic amines) is 2. The number of nitrogens with zero attached hydrogens (tertiary/aromatic N) is 2. The van der Waals surface area contributed by atoms with Crippen LogP contribution >= 0.6 is 11.3 Å². The average Bonchev–Trinajstić information content (AvgIpc) is 3.12. The van der Waals surface area contributed by atoms with Gasteiger partial charge in [-0.2, -0.15) is 0 Å². The Morgan fingerprint density at radius 3 is 2.70 bits per heavy atom. The van der Waals surface area contributed by atoms with Crippen molar-refractivity contribution < 1.29 is 0 Å². The molecule has 0 spiro atoms. The molecule has 3 heterocycles. The van der Waals surface area contributed by atoms with Crippen LogP contribution < -0.4 is 0 Å². The SMILES string of the molecule is c1ccc2c(CCN3CCC(N4CCCCCC4)C3)csc2c1. The van der Waals surface area contributed by atoms with Gasteiger partial charge in [-0.25, -0.2) is 0 Å². The van der Waals surface area contributed by atoms with Crippen molar-refractivity contribution in [3.05, 3.63) is 35.2 Å². The molecule has 2 aliphatic rings. The van der Waals surface area contributed by atoms with E-state index in [0.29, 0.717) is 0 Å². The molecular weight excluding hydrogens is 300 g/mol. The topological polar surface area (TPSA) is 6.48 Å². The molecule has 23 heavy (non-hydrogen) atoms. The van der Waals surface area contributed by atoms with E-state index < -0.39 is 0 Å². The van der Waals surface area contributed by atoms with Crippen LogP contribution in [0.4, 0.5) is 0 Å². The summed E-state index contributed by atoms with van der Waals surface area (Å²) < 4.78 is 1.44. The number of thiophene rings is 1. The van der Waals surface area contributed by atoms with Crippen molar-refractivity contribution in [2.45, 2.75) is 44.6 Å². The Morgan fingerprint density at radius 2 is 1.83 bits per heavy atom. The zero-order valence-corrected chi connectivity index (χ0v) is 14.9. The Kier molecular flexibility index (Phi) is 4.98. The first-order valence-corrected chi connectivity index (χ1v) is 10.2. The monoisotopic (exact) mass is 328 g/mol. The van der Waals surface area contributed by atoms with Gasteiger partial charge >= 0.3 is 0 Å². The Balaban J connectivity index is 1.32. The Labute approximate surface area is 144 Å². The second-order valence-electron chi connectivity index (χ2n) is 7.20. The molecule has 0 bridgehead atoms. The van der Waals surface area contributed by atoms with Gasteiger partial charge in [0.05, 0.1) is 0 Å². The number of hydrogen-bond donors (Lipinski definition) is 0. The van der Waals surface area contributed by atoms with Gasteiger partial charge in [0, 0.05) is 23.8 Å². The predicted molar refractivity (Wildman–Crippen MR) is 100 cm³/mol. The molecule has 2 aliphatic heterocycles. The third-order valence-corrected chi connectivity index (χ3v) is 6.68. The Hall–Kier alpha value is -0.900. The highest BCUT2D eigenvalue weighted by atomic mass is 32.1. The highest BCUT2D eigenvalue weighted by Gasteiger charge is 2.27. The summed E-state index contributed by atoms with van der Waals surface area (Å²) in [6, 6.07) is 9.67. The summed E-state index contributed by atoms with van der Waals surface area (Å²) in [7, 11) is 0. The Bertz CT molecular complexity index is 627. The molecule has 0 radical (unpaired) electrons. The van der Waals surface area contributed by atoms with Crippen LogP contribution in [0.5, 0.6) is 0 Å². The van der Waals surface area contributed by atoms with Crippen LogP contribution in [0.1, 0.15) is 37.7 Å². The summed E-state index contributed by atoms with van der Waals surface area (Å²) in [6.07, 6.45) is 8.30. The van der Waals surface area contributed by atoms with E-state index in [-0.39, 0.29) is 0 Å². The third kappa shape index (κ3) is 3.62. The van der Waals surface area contributed by atoms with Crippen LogP contribution in [0, 0.1) is 0 Å². The van der Waals surface area contributed by atoms with E-state index in [0.717, 1.165) is 6.04 Å². The maximum atomic E-state index is 2.78. The molecule has 2 fully saturated rings. The van der Waals surface area contributed by atoms with Crippen LogP contribution in [0.15, 0.2) is 29.6 Å². The van der Waals surface area contributed by atoms with Crippen molar-refractivity contribution in [2.24, 2.45) is 0 Å². The summed E-state index contributed by atoms with van der Waals surface area (Å²) in [5.74, 6) is 0. The summed E-state index contributed by atoms with van der Waals surface area (Å²) in [5, 5.41) is 3.84. The molecule has 0 aliphatic carbocycles. The number of hydrogen-bond acceptors (Lipinski definition) is 3. The van der Waals surface area contributed by atoms with Gasteiger partial charge in [-0.3, -0.25) is 4.90 Å². The molecule has 2 aromatic rings. The van der Waals surface area contributed by atoms with E-state index in [1.165, 1.54) is 81.3 Å². The van der Waals surface area contributed by atoms with Crippen molar-refractivity contribution in [1.29, 1.82) is 0 Å². The van der Waals surface area contributed by atoms with Crippen LogP contribution in [0.25, 0.3) is 10.1 Å². The fourth-order valence-electron chi connectivity index (χ4n) is 4.28. The predicted octanol–water partition coefficient (Wildman–Crippen LogP) is 4.39. The van der Waals surface area contributed by atoms with E-state index in [2.05, 4.69) is 39.4 Å². The maximum Gasteiger partial charge on any atom is 0.0345 e. The molecule has 2 saturated heterocycles. The van der Waals surface area contributed by atoms with Gasteiger partial charge in [-0.05, 0) is 67.7 Å². The molecule has 0 saturated carbocycles. The lowest BCUT2D eigenvalue weighted by atomic mass is 10.1. The van der Waals surface area contributed by atoms with Gasteiger partial charge in [-0.1, -0.05) is 31.0 Å². The van der Waals surface area contributed by atoms with Gasteiger partial charge < -0.3 is 4.90 Å². The smallest absolute Gasteiger partial charge is 0.0345 e. The molecule has 1 unspecified atom stereocenters. The lowest BCUT2D eigenvalue weighted by molar-refractivity contribution is 0.199. The summed E-state index contributed by atoms with van der Waals surface area (Å²) in [4.78, 5) is 5.48. The average molecular weight is 329 g/mol. The molecular formula is C20H28N2S. The first-order valence-electron chi connectivity index (χ1n) is 9.32. The second kappa shape index (κ2) is 7.33. The number of rotatable bonds is 4. The van der Waals surface area contributed by atoms with Crippen LogP contribution in [0.3, 0.4) is 0 Å². The van der Waals surface area contributed by atoms with Crippen molar-refractivity contribution in [3.63, 3.8) is 0 Å². The number of benzene rings is 1. The fourth-order valence-corrected chi connectivity index (χ4v) is 5.28. The van der Waals surface area contributed by atoms with E-state index in [1.54, 1.807) is 5.56 Å². The molecule has 124 valence electrons. The normalized spacial score (nSPS) is 24.3. The lowest BCUT2D eigenvalue weighted by Crippen LogP contribution is -2.38. The Morgan fingerprint density at radius 1 is 1.00 bits per heavy atom. The first-order chi connectivity index (χ1) is 11.4. The minimum absolute atomic E-state index is 0.826. The zero-order chi connectivity index (χ0) is 15.5. The van der Waals surface area contributed by atoms with E-state index >= 15 is 0 Å². The standard InChI is InChI=1S/C20H28N2S/c1-2-6-12-22(11-5-1)18-10-14-21(15-18)13-9-17-16-23-20-8-4-3-7-19(17)20/h3-4,7-8,16,18H,1-2,5-6,9-15H2. The quantitative estimate of drug-likeness (QED) is 0.821. The van der Waals surface area contributed by atoms with Crippen molar-refractivity contribution in [1.82, 2.24) is 9.80 Å². The largest absolute Gasteiger partial charge is 0.301 e. The zero-order valence-electron chi connectivity index (χ0n) is 14.0. The highest BCUT2D eigenvalue weighted by Crippen LogP contribution is 2.27. The van der Waals surface area contributed by atoms with Crippen LogP contribution in [-0.4, -0.2) is 48.6 Å². The molecule has 1 aromatic carbocycles. The summed E-state index contributed by atoms with van der Waals surface area (Å²) in [6.45, 7) is 6.50. The molecule has 4 rings (SSSR count). The summed E-state index contributed by atoms with van der Waals surface area (Å²) >= 11 is 1.90. The molecule has 1 aromatic heterocycles. The van der Waals surface area contributed by atoms with Gasteiger partial charge in [-0.15, -0.1) is 11.3 Å². The highest BCUT2D eigenvalue weighted by molar-refractivity contribution is 7.17. The van der Waals surface area contributed by atoms with Gasteiger partial charge in [0.2, 0.25) is 0 Å². The van der Waals surface area contributed by atoms with E-state index in [1.807, 2.05) is 11.3 Å². The van der Waals surface area contributed by atoms with E-state index in [9.17, 15) is 0 Å². The maximum absolute atomic E-state index is 2.78. The van der Waals surface area contributed by atoms with Crippen LogP contribution in [0.2, 0.25) is 0 Å². The van der Waals surface area contributed by atoms with Gasteiger partial charge in [0.15, 0.2) is 0 Å². The lowest BCUT2D eigenvalue weighted by Gasteiger charge is -2.27. The molecule has 0 N–H and O–H groups in total. The van der Waals surface area contributed by atoms with Gasteiger partial charge in [0.1, 0.15) is 0 Å². The molecule has 1 atom stereocenters. The van der Waals surface area contributed by atoms with Crippen molar-refractivity contribution >= 4 is 21.4 Å². The summed E-state index contributed by atoms with van der Waals surface area (Å²) in [5.41, 5.74) is 1.55. The van der Waals surface area contributed by atoms with E-state index in [4.69, 9.17) is 0 Å². The second-order valence-corrected chi connectivity index (χ2v) is 8.11. The minimum Gasteiger partial charge on any atom is -0.301 e. The van der Waals surface area contributed by atoms with Crippen molar-refractivity contribution in [3.8, 4) is 0 Å². The first kappa shape index (κ1) is 15.6. The number of fused-ring (bicyclic) bond motifs is 1. The third-order valence-electron chi connectivity index (χ3n) is 5.66. The van der Waals surface area contributed by atoms with Crippen LogP contribution in [-0.2, 0) is 6.42 Å². The molecule has 2 nitrogen and oxygen atoms in total.